The van der Waals surface area contributed by atoms with Crippen LogP contribution < -0.4 is 15.8 Å². The zero-order valence-corrected chi connectivity index (χ0v) is 17.0. The molecular formula is C21H20N4O4S. The van der Waals surface area contributed by atoms with Gasteiger partial charge in [-0.2, -0.15) is 5.26 Å². The summed E-state index contributed by atoms with van der Waals surface area (Å²) in [4.78, 5) is 28.7. The number of carbonyl (C=O) groups excluding carboxylic acids is 2. The molecule has 2 heterocycles. The van der Waals surface area contributed by atoms with Gasteiger partial charge in [0.2, 0.25) is 11.8 Å². The highest BCUT2D eigenvalue weighted by atomic mass is 32.2. The van der Waals surface area contributed by atoms with Crippen molar-refractivity contribution in [3.8, 4) is 11.8 Å². The van der Waals surface area contributed by atoms with Crippen molar-refractivity contribution >= 4 is 34.3 Å². The molecule has 8 nitrogen and oxygen atoms in total. The third-order valence-corrected chi connectivity index (χ3v) is 5.69. The average Bonchev–Trinajstić information content (AvgIpc) is 3.26. The molecule has 0 saturated carbocycles. The summed E-state index contributed by atoms with van der Waals surface area (Å²) in [5, 5.41) is 13.0. The lowest BCUT2D eigenvalue weighted by atomic mass is 9.77. The molecule has 9 heteroatoms. The number of benzene rings is 1. The molecular weight excluding hydrogens is 404 g/mol. The topological polar surface area (TPSA) is 131 Å². The lowest BCUT2D eigenvalue weighted by Crippen LogP contribution is -2.38. The van der Waals surface area contributed by atoms with Crippen molar-refractivity contribution in [2.75, 3.05) is 18.2 Å². The first-order chi connectivity index (χ1) is 14.4. The number of ether oxygens (including phenoxy) is 1. The van der Waals surface area contributed by atoms with E-state index >= 15 is 0 Å². The minimum Gasteiger partial charge on any atom is -0.497 e. The smallest absolute Gasteiger partial charge is 0.234 e. The molecule has 3 atom stereocenters. The number of primary amides is 1. The molecule has 2 aromatic rings. The van der Waals surface area contributed by atoms with Crippen LogP contribution in [0.4, 0.5) is 5.69 Å². The first kappa shape index (κ1) is 21.2. The van der Waals surface area contributed by atoms with Crippen molar-refractivity contribution < 1.29 is 18.7 Å². The molecule has 1 aliphatic heterocycles. The van der Waals surface area contributed by atoms with Crippen molar-refractivity contribution in [3.63, 3.8) is 0 Å². The Labute approximate surface area is 177 Å². The predicted molar refractivity (Wildman–Crippen MR) is 114 cm³/mol. The molecule has 154 valence electrons. The number of carbonyl (C=O) groups is 2. The quantitative estimate of drug-likeness (QED) is 0.733. The maximum atomic E-state index is 12.4. The van der Waals surface area contributed by atoms with Crippen molar-refractivity contribution in [2.45, 2.75) is 5.92 Å². The van der Waals surface area contributed by atoms with E-state index in [9.17, 15) is 14.9 Å². The van der Waals surface area contributed by atoms with Crippen molar-refractivity contribution in [1.29, 1.82) is 5.26 Å². The third kappa shape index (κ3) is 4.55. The van der Waals surface area contributed by atoms with Gasteiger partial charge in [0.25, 0.3) is 0 Å². The Hall–Kier alpha value is -3.51. The zero-order chi connectivity index (χ0) is 21.7. The number of amides is 2. The highest BCUT2D eigenvalue weighted by Crippen LogP contribution is 2.43. The summed E-state index contributed by atoms with van der Waals surface area (Å²) in [6.07, 6.45) is 1.46. The summed E-state index contributed by atoms with van der Waals surface area (Å²) in [5.74, 6) is -2.05. The maximum absolute atomic E-state index is 12.4. The van der Waals surface area contributed by atoms with Gasteiger partial charge in [0.05, 0.1) is 42.1 Å². The standard InChI is InChI=1S/C21H20N4O4S/c1-12-18(20(23)27)19(16-4-3-9-29-16)15(10-22)21(24-12)30-11-17(26)25-13-5-7-14(28-2)8-6-13/h3-9,15,18-19H,1,11H2,2H3,(H2,23,27)(H,25,26)/t15?,18-,19+/m0/s1. The van der Waals surface area contributed by atoms with Gasteiger partial charge in [0, 0.05) is 11.4 Å². The van der Waals surface area contributed by atoms with E-state index in [4.69, 9.17) is 14.9 Å². The number of rotatable bonds is 6. The van der Waals surface area contributed by atoms with Gasteiger partial charge in [-0.05, 0) is 36.4 Å². The molecule has 0 bridgehead atoms. The summed E-state index contributed by atoms with van der Waals surface area (Å²) >= 11 is 1.12. The van der Waals surface area contributed by atoms with Gasteiger partial charge in [0.1, 0.15) is 17.4 Å². The third-order valence-electron chi connectivity index (χ3n) is 4.64. The number of nitriles is 1. The fourth-order valence-corrected chi connectivity index (χ4v) is 4.16. The minimum atomic E-state index is -0.863. The van der Waals surface area contributed by atoms with Crippen molar-refractivity contribution in [2.24, 2.45) is 22.6 Å². The summed E-state index contributed by atoms with van der Waals surface area (Å²) in [5.41, 5.74) is 6.41. The molecule has 30 heavy (non-hydrogen) atoms. The average molecular weight is 424 g/mol. The van der Waals surface area contributed by atoms with Gasteiger partial charge in [-0.3, -0.25) is 9.59 Å². The molecule has 0 saturated heterocycles. The van der Waals surface area contributed by atoms with E-state index < -0.39 is 23.7 Å². The van der Waals surface area contributed by atoms with Crippen LogP contribution in [0.1, 0.15) is 11.7 Å². The largest absolute Gasteiger partial charge is 0.497 e. The van der Waals surface area contributed by atoms with Gasteiger partial charge < -0.3 is 20.2 Å². The number of thioether (sulfide) groups is 1. The first-order valence-electron chi connectivity index (χ1n) is 9.01. The lowest BCUT2D eigenvalue weighted by Gasteiger charge is -2.32. The fourth-order valence-electron chi connectivity index (χ4n) is 3.25. The molecule has 0 radical (unpaired) electrons. The molecule has 0 spiro atoms. The van der Waals surface area contributed by atoms with E-state index in [1.807, 2.05) is 0 Å². The molecule has 0 fully saturated rings. The predicted octanol–water partition coefficient (Wildman–Crippen LogP) is 2.91. The summed E-state index contributed by atoms with van der Waals surface area (Å²) in [7, 11) is 1.56. The Kier molecular flexibility index (Phi) is 6.59. The maximum Gasteiger partial charge on any atom is 0.234 e. The molecule has 3 N–H and O–H groups in total. The Morgan fingerprint density at radius 2 is 2.10 bits per heavy atom. The fraction of sp³-hybridized carbons (Fsp3) is 0.238. The normalized spacial score (nSPS) is 20.7. The first-order valence-corrected chi connectivity index (χ1v) is 9.99. The second-order valence-electron chi connectivity index (χ2n) is 6.53. The number of anilines is 1. The van der Waals surface area contributed by atoms with Crippen LogP contribution >= 0.6 is 11.8 Å². The highest BCUT2D eigenvalue weighted by molar-refractivity contribution is 8.14. The molecule has 3 rings (SSSR count). The van der Waals surface area contributed by atoms with Gasteiger partial charge in [-0.25, -0.2) is 4.99 Å². The Balaban J connectivity index is 1.74. The zero-order valence-electron chi connectivity index (χ0n) is 16.2. The van der Waals surface area contributed by atoms with Crippen LogP contribution in [0, 0.1) is 23.2 Å². The van der Waals surface area contributed by atoms with Crippen LogP contribution in [0.5, 0.6) is 5.75 Å². The molecule has 1 unspecified atom stereocenters. The lowest BCUT2D eigenvalue weighted by molar-refractivity contribution is -0.121. The van der Waals surface area contributed by atoms with E-state index in [0.717, 1.165) is 11.8 Å². The Morgan fingerprint density at radius 1 is 1.37 bits per heavy atom. The molecule has 1 aromatic heterocycles. The number of nitrogens with one attached hydrogen (secondary N) is 1. The number of methoxy groups -OCH3 is 1. The van der Waals surface area contributed by atoms with E-state index in [1.54, 1.807) is 43.5 Å². The van der Waals surface area contributed by atoms with Crippen LogP contribution in [0.25, 0.3) is 0 Å². The summed E-state index contributed by atoms with van der Waals surface area (Å²) < 4.78 is 10.5. The van der Waals surface area contributed by atoms with E-state index in [-0.39, 0.29) is 17.4 Å². The van der Waals surface area contributed by atoms with E-state index in [1.165, 1.54) is 6.26 Å². The van der Waals surface area contributed by atoms with Crippen LogP contribution in [-0.2, 0) is 9.59 Å². The van der Waals surface area contributed by atoms with E-state index in [0.29, 0.717) is 22.2 Å². The van der Waals surface area contributed by atoms with Crippen LogP contribution in [0.2, 0.25) is 0 Å². The monoisotopic (exact) mass is 424 g/mol. The van der Waals surface area contributed by atoms with Crippen LogP contribution in [0.3, 0.4) is 0 Å². The molecule has 2 amide bonds. The molecule has 1 aliphatic rings. The summed E-state index contributed by atoms with van der Waals surface area (Å²) in [6, 6.07) is 12.5. The van der Waals surface area contributed by atoms with E-state index in [2.05, 4.69) is 23.0 Å². The van der Waals surface area contributed by atoms with Crippen molar-refractivity contribution in [1.82, 2.24) is 0 Å². The van der Waals surface area contributed by atoms with Gasteiger partial charge in [0.15, 0.2) is 0 Å². The number of aliphatic imine (C=N–C) groups is 1. The molecule has 1 aromatic carbocycles. The Morgan fingerprint density at radius 3 is 2.67 bits per heavy atom. The van der Waals surface area contributed by atoms with Crippen LogP contribution in [0.15, 0.2) is 64.3 Å². The van der Waals surface area contributed by atoms with Gasteiger partial charge in [-0.15, -0.1) is 0 Å². The number of hydrogen-bond acceptors (Lipinski definition) is 7. The number of nitrogens with zero attached hydrogens (tertiary/aromatic N) is 2. The highest BCUT2D eigenvalue weighted by Gasteiger charge is 2.44. The Bertz CT molecular complexity index is 1010. The SMILES string of the molecule is C=C1N=C(SCC(=O)Nc2ccc(OC)cc2)C(C#N)[C@H](c2ccco2)[C@H]1C(N)=O. The van der Waals surface area contributed by atoms with Crippen molar-refractivity contribution in [3.05, 3.63) is 60.7 Å². The molecule has 0 aliphatic carbocycles. The second kappa shape index (κ2) is 9.33. The van der Waals surface area contributed by atoms with Crippen LogP contribution in [-0.4, -0.2) is 29.7 Å². The van der Waals surface area contributed by atoms with Gasteiger partial charge >= 0.3 is 0 Å². The summed E-state index contributed by atoms with van der Waals surface area (Å²) in [6.45, 7) is 3.84. The number of hydrogen-bond donors (Lipinski definition) is 2. The second-order valence-corrected chi connectivity index (χ2v) is 7.53. The van der Waals surface area contributed by atoms with Gasteiger partial charge in [-0.1, -0.05) is 18.3 Å². The number of furan rings is 1. The number of nitrogens with two attached hydrogens (primary N) is 1. The minimum absolute atomic E-state index is 0.0302.